The van der Waals surface area contributed by atoms with Gasteiger partial charge in [0.15, 0.2) is 10.6 Å². The Labute approximate surface area is 197 Å². The molecule has 0 saturated carbocycles. The van der Waals surface area contributed by atoms with Crippen LogP contribution in [-0.2, 0) is 11.3 Å². The maximum atomic E-state index is 12.7. The number of aromatic nitrogens is 3. The standard InChI is InChI=1S/C25H24N4O3S/c1-3-31-20-11-13-22(14-12-20)32-21-9-7-19(8-10-21)26-23(30)16-29-24(27-28-25(29)33)18-6-4-5-17(2)15-18/h4-15H,3,16H2,1-2H3,(H,26,30)(H,28,33). The van der Waals surface area contributed by atoms with Crippen molar-refractivity contribution in [1.29, 1.82) is 0 Å². The molecule has 1 aromatic heterocycles. The van der Waals surface area contributed by atoms with Crippen molar-refractivity contribution in [3.8, 4) is 28.6 Å². The van der Waals surface area contributed by atoms with Crippen molar-refractivity contribution < 1.29 is 14.3 Å². The first-order valence-corrected chi connectivity index (χ1v) is 11.0. The topological polar surface area (TPSA) is 81.2 Å². The van der Waals surface area contributed by atoms with Crippen molar-refractivity contribution in [1.82, 2.24) is 14.8 Å². The lowest BCUT2D eigenvalue weighted by Gasteiger charge is -2.10. The van der Waals surface area contributed by atoms with Crippen molar-refractivity contribution in [3.63, 3.8) is 0 Å². The number of H-pyrrole nitrogens is 1. The van der Waals surface area contributed by atoms with E-state index in [0.717, 1.165) is 16.9 Å². The summed E-state index contributed by atoms with van der Waals surface area (Å²) in [6.45, 7) is 4.61. The second-order valence-corrected chi connectivity index (χ2v) is 7.77. The molecule has 7 nitrogen and oxygen atoms in total. The van der Waals surface area contributed by atoms with Crippen LogP contribution in [-0.4, -0.2) is 27.3 Å². The van der Waals surface area contributed by atoms with E-state index < -0.39 is 0 Å². The van der Waals surface area contributed by atoms with E-state index >= 15 is 0 Å². The molecule has 3 aromatic carbocycles. The van der Waals surface area contributed by atoms with E-state index in [2.05, 4.69) is 15.5 Å². The fraction of sp³-hybridized carbons (Fsp3) is 0.160. The molecule has 0 radical (unpaired) electrons. The SMILES string of the molecule is CCOc1ccc(Oc2ccc(NC(=O)Cn3c(-c4cccc(C)c4)n[nH]c3=S)cc2)cc1. The third-order valence-electron chi connectivity index (χ3n) is 4.84. The molecule has 4 aromatic rings. The quantitative estimate of drug-likeness (QED) is 0.328. The molecule has 0 fully saturated rings. The number of ether oxygens (including phenoxy) is 2. The summed E-state index contributed by atoms with van der Waals surface area (Å²) >= 11 is 5.33. The summed E-state index contributed by atoms with van der Waals surface area (Å²) in [6.07, 6.45) is 0. The Balaban J connectivity index is 1.40. The Hall–Kier alpha value is -3.91. The molecule has 8 heteroatoms. The molecule has 2 N–H and O–H groups in total. The monoisotopic (exact) mass is 460 g/mol. The third kappa shape index (κ3) is 5.67. The van der Waals surface area contributed by atoms with Gasteiger partial charge in [-0.25, -0.2) is 0 Å². The van der Waals surface area contributed by atoms with Gasteiger partial charge in [0.05, 0.1) is 6.61 Å². The van der Waals surface area contributed by atoms with E-state index in [1.54, 1.807) is 28.8 Å². The van der Waals surface area contributed by atoms with Crippen LogP contribution in [0.5, 0.6) is 17.2 Å². The third-order valence-corrected chi connectivity index (χ3v) is 5.16. The van der Waals surface area contributed by atoms with Gasteiger partial charge in [0, 0.05) is 11.3 Å². The number of carbonyl (C=O) groups is 1. The van der Waals surface area contributed by atoms with Gasteiger partial charge in [0.25, 0.3) is 0 Å². The van der Waals surface area contributed by atoms with Gasteiger partial charge >= 0.3 is 0 Å². The average Bonchev–Trinajstić information content (AvgIpc) is 3.16. The lowest BCUT2D eigenvalue weighted by atomic mass is 10.1. The Morgan fingerprint density at radius 1 is 1.03 bits per heavy atom. The van der Waals surface area contributed by atoms with Crippen LogP contribution in [0.25, 0.3) is 11.4 Å². The zero-order valence-corrected chi connectivity index (χ0v) is 19.2. The number of anilines is 1. The Kier molecular flexibility index (Phi) is 6.85. The highest BCUT2D eigenvalue weighted by Crippen LogP contribution is 2.25. The summed E-state index contributed by atoms with van der Waals surface area (Å²) in [7, 11) is 0. The van der Waals surface area contributed by atoms with E-state index in [4.69, 9.17) is 21.7 Å². The van der Waals surface area contributed by atoms with Crippen LogP contribution in [0, 0.1) is 11.7 Å². The van der Waals surface area contributed by atoms with Crippen molar-refractivity contribution in [3.05, 3.63) is 83.1 Å². The smallest absolute Gasteiger partial charge is 0.244 e. The van der Waals surface area contributed by atoms with Gasteiger partial charge < -0.3 is 14.8 Å². The van der Waals surface area contributed by atoms with Gasteiger partial charge in [-0.05, 0) is 80.7 Å². The van der Waals surface area contributed by atoms with Gasteiger partial charge in [0.1, 0.15) is 23.8 Å². The summed E-state index contributed by atoms with van der Waals surface area (Å²) in [4.78, 5) is 12.7. The van der Waals surface area contributed by atoms with Crippen LogP contribution in [0.4, 0.5) is 5.69 Å². The molecule has 4 rings (SSSR count). The van der Waals surface area contributed by atoms with E-state index in [0.29, 0.717) is 34.4 Å². The number of aryl methyl sites for hydroxylation is 1. The first-order chi connectivity index (χ1) is 16.0. The molecule has 0 bridgehead atoms. The molecule has 1 heterocycles. The van der Waals surface area contributed by atoms with Gasteiger partial charge in [-0.3, -0.25) is 14.5 Å². The summed E-state index contributed by atoms with van der Waals surface area (Å²) in [5.41, 5.74) is 2.65. The van der Waals surface area contributed by atoms with Crippen LogP contribution in [0.3, 0.4) is 0 Å². The summed E-state index contributed by atoms with van der Waals surface area (Å²) < 4.78 is 13.4. The molecule has 0 aliphatic heterocycles. The number of nitrogens with one attached hydrogen (secondary N) is 2. The fourth-order valence-electron chi connectivity index (χ4n) is 3.33. The van der Waals surface area contributed by atoms with Crippen molar-refractivity contribution in [2.45, 2.75) is 20.4 Å². The van der Waals surface area contributed by atoms with Gasteiger partial charge in [-0.15, -0.1) is 0 Å². The zero-order valence-electron chi connectivity index (χ0n) is 18.4. The van der Waals surface area contributed by atoms with E-state index in [9.17, 15) is 4.79 Å². The average molecular weight is 461 g/mol. The maximum absolute atomic E-state index is 12.7. The second kappa shape index (κ2) is 10.1. The summed E-state index contributed by atoms with van der Waals surface area (Å²) in [5, 5.41) is 9.96. The highest BCUT2D eigenvalue weighted by atomic mass is 32.1. The van der Waals surface area contributed by atoms with Crippen LogP contribution in [0.15, 0.2) is 72.8 Å². The molecule has 1 amide bonds. The fourth-order valence-corrected chi connectivity index (χ4v) is 3.52. The predicted molar refractivity (Wildman–Crippen MR) is 130 cm³/mol. The predicted octanol–water partition coefficient (Wildman–Crippen LogP) is 5.75. The molecule has 33 heavy (non-hydrogen) atoms. The largest absolute Gasteiger partial charge is 0.494 e. The molecular weight excluding hydrogens is 436 g/mol. The minimum absolute atomic E-state index is 0.0447. The maximum Gasteiger partial charge on any atom is 0.244 e. The number of hydrogen-bond donors (Lipinski definition) is 2. The number of hydrogen-bond acceptors (Lipinski definition) is 5. The second-order valence-electron chi connectivity index (χ2n) is 7.39. The molecule has 0 aliphatic carbocycles. The number of rotatable bonds is 8. The number of amides is 1. The Bertz CT molecular complexity index is 1290. The Morgan fingerprint density at radius 2 is 1.70 bits per heavy atom. The minimum atomic E-state index is -0.207. The normalized spacial score (nSPS) is 10.6. The van der Waals surface area contributed by atoms with Crippen LogP contribution < -0.4 is 14.8 Å². The van der Waals surface area contributed by atoms with Crippen LogP contribution >= 0.6 is 12.2 Å². The Morgan fingerprint density at radius 3 is 2.36 bits per heavy atom. The van der Waals surface area contributed by atoms with Crippen molar-refractivity contribution in [2.75, 3.05) is 11.9 Å². The van der Waals surface area contributed by atoms with Gasteiger partial charge in [0.2, 0.25) is 5.91 Å². The number of nitrogens with zero attached hydrogens (tertiary/aromatic N) is 2. The van der Waals surface area contributed by atoms with Crippen molar-refractivity contribution >= 4 is 23.8 Å². The molecule has 0 unspecified atom stereocenters. The molecule has 0 atom stereocenters. The first kappa shape index (κ1) is 22.3. The molecule has 0 spiro atoms. The van der Waals surface area contributed by atoms with E-state index in [-0.39, 0.29) is 12.5 Å². The number of aromatic amines is 1. The van der Waals surface area contributed by atoms with Crippen molar-refractivity contribution in [2.24, 2.45) is 0 Å². The molecular formula is C25H24N4O3S. The van der Waals surface area contributed by atoms with Gasteiger partial charge in [-0.2, -0.15) is 5.10 Å². The van der Waals surface area contributed by atoms with E-state index in [1.807, 2.05) is 62.4 Å². The lowest BCUT2D eigenvalue weighted by molar-refractivity contribution is -0.116. The number of benzene rings is 3. The highest BCUT2D eigenvalue weighted by molar-refractivity contribution is 7.71. The van der Waals surface area contributed by atoms with Crippen LogP contribution in [0.2, 0.25) is 0 Å². The highest BCUT2D eigenvalue weighted by Gasteiger charge is 2.13. The van der Waals surface area contributed by atoms with Crippen LogP contribution in [0.1, 0.15) is 12.5 Å². The molecule has 0 saturated heterocycles. The lowest BCUT2D eigenvalue weighted by Crippen LogP contribution is -2.19. The summed E-state index contributed by atoms with van der Waals surface area (Å²) in [6, 6.07) is 22.5. The number of carbonyl (C=O) groups excluding carboxylic acids is 1. The minimum Gasteiger partial charge on any atom is -0.494 e. The summed E-state index contributed by atoms with van der Waals surface area (Å²) in [5.74, 6) is 2.58. The molecule has 0 aliphatic rings. The van der Waals surface area contributed by atoms with E-state index in [1.165, 1.54) is 0 Å². The first-order valence-electron chi connectivity index (χ1n) is 10.5. The van der Waals surface area contributed by atoms with Gasteiger partial charge in [-0.1, -0.05) is 23.8 Å². The molecule has 168 valence electrons. The zero-order chi connectivity index (χ0) is 23.2.